The number of anilines is 1. The summed E-state index contributed by atoms with van der Waals surface area (Å²) in [5.41, 5.74) is 1.75. The monoisotopic (exact) mass is 434 g/mol. The topological polar surface area (TPSA) is 85.4 Å². The molecule has 0 saturated carbocycles. The fraction of sp³-hybridized carbons (Fsp3) is 0.105. The number of ether oxygens (including phenoxy) is 1. The maximum atomic E-state index is 12.6. The maximum Gasteiger partial charge on any atom is 0.339 e. The van der Waals surface area contributed by atoms with Gasteiger partial charge in [-0.1, -0.05) is 35.9 Å². The lowest BCUT2D eigenvalue weighted by Gasteiger charge is -2.07. The number of aromatic nitrogens is 1. The number of benzene rings is 2. The number of hydrogen-bond acceptors (Lipinski definition) is 6. The number of halogens is 1. The average Bonchev–Trinajstić information content (AvgIpc) is 3.16. The van der Waals surface area contributed by atoms with Crippen LogP contribution in [0.1, 0.15) is 10.4 Å². The molecule has 0 fully saturated rings. The van der Waals surface area contributed by atoms with Crippen LogP contribution in [0.15, 0.2) is 58.8 Å². The van der Waals surface area contributed by atoms with Gasteiger partial charge >= 0.3 is 5.97 Å². The Kier molecular flexibility index (Phi) is 6.56. The molecule has 0 bridgehead atoms. The molecule has 3 aromatic rings. The van der Waals surface area contributed by atoms with Gasteiger partial charge in [0.25, 0.3) is 0 Å². The molecule has 1 aromatic heterocycles. The first-order valence-corrected chi connectivity index (χ1v) is 10.6. The van der Waals surface area contributed by atoms with Gasteiger partial charge in [-0.05, 0) is 24.3 Å². The zero-order valence-electron chi connectivity index (χ0n) is 14.7. The first-order valence-electron chi connectivity index (χ1n) is 8.05. The molecule has 3 rings (SSSR count). The van der Waals surface area contributed by atoms with Gasteiger partial charge < -0.3 is 10.1 Å². The Morgan fingerprint density at radius 1 is 1.18 bits per heavy atom. The summed E-state index contributed by atoms with van der Waals surface area (Å²) in [5.74, 6) is -1.36. The molecule has 0 saturated heterocycles. The highest BCUT2D eigenvalue weighted by Gasteiger charge is 2.19. The highest BCUT2D eigenvalue weighted by atomic mass is 35.5. The molecule has 1 heterocycles. The van der Waals surface area contributed by atoms with E-state index in [-0.39, 0.29) is 16.2 Å². The molecular weight excluding hydrogens is 420 g/mol. The normalized spacial score (nSPS) is 11.6. The minimum atomic E-state index is -1.70. The second-order valence-electron chi connectivity index (χ2n) is 5.57. The minimum Gasteiger partial charge on any atom is -0.465 e. The highest BCUT2D eigenvalue weighted by molar-refractivity contribution is 7.85. The lowest BCUT2D eigenvalue weighted by molar-refractivity contribution is -0.113. The number of methoxy groups -OCH3 is 1. The second kappa shape index (κ2) is 9.09. The Bertz CT molecular complexity index is 1030. The van der Waals surface area contributed by atoms with Gasteiger partial charge in [0.05, 0.1) is 34.1 Å². The number of thiazole rings is 1. The Morgan fingerprint density at radius 2 is 1.89 bits per heavy atom. The lowest BCUT2D eigenvalue weighted by Crippen LogP contribution is -2.20. The predicted octanol–water partition coefficient (Wildman–Crippen LogP) is 4.00. The standard InChI is InChI=1S/C19H15ClN2O4S2/c1-26-18(24)14-4-2-3-5-16(14)28(25)11-17(23)22-19-21-15(10-27-19)12-6-8-13(20)9-7-12/h2-10H,11H2,1H3,(H,21,22,23)/t28-/m1/s1. The maximum absolute atomic E-state index is 12.6. The number of carbonyl (C=O) groups excluding carboxylic acids is 2. The van der Waals surface area contributed by atoms with Crippen LogP contribution >= 0.6 is 22.9 Å². The summed E-state index contributed by atoms with van der Waals surface area (Å²) in [6.45, 7) is 0. The molecule has 0 radical (unpaired) electrons. The third-order valence-corrected chi connectivity index (χ3v) is 6.07. The number of nitrogens with one attached hydrogen (secondary N) is 1. The van der Waals surface area contributed by atoms with Gasteiger partial charge in [0.1, 0.15) is 5.75 Å². The SMILES string of the molecule is COC(=O)c1ccccc1[S@](=O)CC(=O)Nc1nc(-c2ccc(Cl)cc2)cs1. The van der Waals surface area contributed by atoms with E-state index in [4.69, 9.17) is 11.6 Å². The van der Waals surface area contributed by atoms with Crippen molar-refractivity contribution < 1.29 is 18.5 Å². The molecule has 6 nitrogen and oxygen atoms in total. The van der Waals surface area contributed by atoms with Crippen molar-refractivity contribution in [3.8, 4) is 11.3 Å². The zero-order valence-corrected chi connectivity index (χ0v) is 17.1. The van der Waals surface area contributed by atoms with Crippen molar-refractivity contribution in [1.82, 2.24) is 4.98 Å². The summed E-state index contributed by atoms with van der Waals surface area (Å²) >= 11 is 7.14. The van der Waals surface area contributed by atoms with Gasteiger partial charge in [0, 0.05) is 16.0 Å². The van der Waals surface area contributed by atoms with Crippen LogP contribution < -0.4 is 5.32 Å². The van der Waals surface area contributed by atoms with Crippen LogP contribution in [-0.2, 0) is 20.3 Å². The second-order valence-corrected chi connectivity index (χ2v) is 8.28. The fourth-order valence-corrected chi connectivity index (χ4v) is 4.33. The van der Waals surface area contributed by atoms with E-state index in [2.05, 4.69) is 15.0 Å². The van der Waals surface area contributed by atoms with Crippen molar-refractivity contribution in [1.29, 1.82) is 0 Å². The van der Waals surface area contributed by atoms with Crippen LogP contribution in [0.25, 0.3) is 11.3 Å². The van der Waals surface area contributed by atoms with Crippen LogP contribution in [0.5, 0.6) is 0 Å². The van der Waals surface area contributed by atoms with E-state index in [9.17, 15) is 13.8 Å². The van der Waals surface area contributed by atoms with E-state index >= 15 is 0 Å². The van der Waals surface area contributed by atoms with Crippen LogP contribution in [0.3, 0.4) is 0 Å². The first kappa shape index (κ1) is 20.2. The van der Waals surface area contributed by atoms with E-state index in [0.29, 0.717) is 15.8 Å². The number of nitrogens with zero attached hydrogens (tertiary/aromatic N) is 1. The molecular formula is C19H15ClN2O4S2. The third kappa shape index (κ3) is 4.83. The number of esters is 1. The first-order chi connectivity index (χ1) is 13.5. The smallest absolute Gasteiger partial charge is 0.339 e. The number of amides is 1. The summed E-state index contributed by atoms with van der Waals surface area (Å²) in [6.07, 6.45) is 0. The van der Waals surface area contributed by atoms with E-state index in [0.717, 1.165) is 5.56 Å². The summed E-state index contributed by atoms with van der Waals surface area (Å²) in [6, 6.07) is 13.5. The number of hydrogen-bond donors (Lipinski definition) is 1. The van der Waals surface area contributed by atoms with Gasteiger partial charge in [-0.2, -0.15) is 0 Å². The largest absolute Gasteiger partial charge is 0.465 e. The van der Waals surface area contributed by atoms with Crippen molar-refractivity contribution in [2.24, 2.45) is 0 Å². The van der Waals surface area contributed by atoms with Gasteiger partial charge in [0.2, 0.25) is 5.91 Å². The Labute approximate surface area is 173 Å². The Morgan fingerprint density at radius 3 is 2.61 bits per heavy atom. The molecule has 1 atom stereocenters. The molecule has 28 heavy (non-hydrogen) atoms. The molecule has 2 aromatic carbocycles. The van der Waals surface area contributed by atoms with Crippen molar-refractivity contribution in [3.05, 3.63) is 64.5 Å². The Balaban J connectivity index is 1.67. The molecule has 0 aliphatic carbocycles. The van der Waals surface area contributed by atoms with Gasteiger partial charge in [-0.15, -0.1) is 11.3 Å². The number of carbonyl (C=O) groups is 2. The third-order valence-electron chi connectivity index (χ3n) is 3.69. The van der Waals surface area contributed by atoms with E-state index < -0.39 is 22.7 Å². The summed E-state index contributed by atoms with van der Waals surface area (Å²) in [5, 5.41) is 5.47. The zero-order chi connectivity index (χ0) is 20.1. The molecule has 144 valence electrons. The lowest BCUT2D eigenvalue weighted by atomic mass is 10.2. The van der Waals surface area contributed by atoms with Crippen LogP contribution in [-0.4, -0.2) is 33.9 Å². The van der Waals surface area contributed by atoms with Gasteiger partial charge in [0.15, 0.2) is 5.13 Å². The summed E-state index contributed by atoms with van der Waals surface area (Å²) < 4.78 is 17.2. The van der Waals surface area contributed by atoms with Crippen LogP contribution in [0.4, 0.5) is 5.13 Å². The van der Waals surface area contributed by atoms with Gasteiger partial charge in [-0.3, -0.25) is 9.00 Å². The highest BCUT2D eigenvalue weighted by Crippen LogP contribution is 2.26. The minimum absolute atomic E-state index is 0.176. The van der Waals surface area contributed by atoms with Crippen molar-refractivity contribution in [3.63, 3.8) is 0 Å². The Hall–Kier alpha value is -2.55. The summed E-state index contributed by atoms with van der Waals surface area (Å²) in [7, 11) is -0.458. The molecule has 0 aliphatic heterocycles. The van der Waals surface area contributed by atoms with Crippen molar-refractivity contribution in [2.75, 3.05) is 18.2 Å². The number of rotatable bonds is 6. The van der Waals surface area contributed by atoms with Crippen molar-refractivity contribution >= 4 is 50.7 Å². The molecule has 1 N–H and O–H groups in total. The molecule has 9 heteroatoms. The van der Waals surface area contributed by atoms with Crippen LogP contribution in [0.2, 0.25) is 5.02 Å². The van der Waals surface area contributed by atoms with Crippen molar-refractivity contribution in [2.45, 2.75) is 4.90 Å². The van der Waals surface area contributed by atoms with Crippen LogP contribution in [0, 0.1) is 0 Å². The quantitative estimate of drug-likeness (QED) is 0.593. The molecule has 1 amide bonds. The summed E-state index contributed by atoms with van der Waals surface area (Å²) in [4.78, 5) is 28.7. The molecule has 0 aliphatic rings. The molecule has 0 spiro atoms. The fourth-order valence-electron chi connectivity index (χ4n) is 2.38. The van der Waals surface area contributed by atoms with Gasteiger partial charge in [-0.25, -0.2) is 9.78 Å². The average molecular weight is 435 g/mol. The van der Waals surface area contributed by atoms with E-state index in [1.807, 2.05) is 17.5 Å². The van der Waals surface area contributed by atoms with E-state index in [1.165, 1.54) is 30.6 Å². The van der Waals surface area contributed by atoms with E-state index in [1.54, 1.807) is 24.3 Å². The predicted molar refractivity (Wildman–Crippen MR) is 110 cm³/mol. The molecule has 0 unspecified atom stereocenters.